The lowest BCUT2D eigenvalue weighted by Crippen LogP contribution is -2.33. The van der Waals surface area contributed by atoms with Crippen molar-refractivity contribution in [2.45, 2.75) is 11.8 Å². The number of rotatable bonds is 5. The van der Waals surface area contributed by atoms with E-state index in [1.165, 1.54) is 5.56 Å². The van der Waals surface area contributed by atoms with Gasteiger partial charge >= 0.3 is 0 Å². The van der Waals surface area contributed by atoms with Crippen molar-refractivity contribution in [3.63, 3.8) is 0 Å². The van der Waals surface area contributed by atoms with Gasteiger partial charge in [0.2, 0.25) is 0 Å². The summed E-state index contributed by atoms with van der Waals surface area (Å²) in [7, 11) is 0. The predicted octanol–water partition coefficient (Wildman–Crippen LogP) is 6.92. The van der Waals surface area contributed by atoms with Gasteiger partial charge in [0.25, 0.3) is 0 Å². The van der Waals surface area contributed by atoms with Crippen LogP contribution in [-0.2, 0) is 11.8 Å². The van der Waals surface area contributed by atoms with Crippen LogP contribution < -0.4 is 0 Å². The molecule has 0 spiro atoms. The Morgan fingerprint density at radius 2 is 1.48 bits per heavy atom. The molecule has 2 aromatic rings. The van der Waals surface area contributed by atoms with Gasteiger partial charge in [0, 0.05) is 21.1 Å². The first-order valence-electron chi connectivity index (χ1n) is 6.33. The molecule has 0 bridgehead atoms. The van der Waals surface area contributed by atoms with Crippen molar-refractivity contribution in [3.05, 3.63) is 68.7 Å². The molecule has 0 aliphatic rings. The van der Waals surface area contributed by atoms with E-state index in [1.807, 2.05) is 24.3 Å². The maximum Gasteiger partial charge on any atom is 0.0624 e. The highest BCUT2D eigenvalue weighted by Gasteiger charge is 2.31. The van der Waals surface area contributed by atoms with E-state index in [4.69, 9.17) is 34.8 Å². The first-order chi connectivity index (χ1) is 10.0. The molecular formula is C16H13Br2Cl3. The maximum atomic E-state index is 6.34. The summed E-state index contributed by atoms with van der Waals surface area (Å²) in [5, 5.41) is 3.55. The Kier molecular flexibility index (Phi) is 6.46. The summed E-state index contributed by atoms with van der Waals surface area (Å²) in [6.07, 6.45) is 0.782. The molecule has 0 saturated heterocycles. The van der Waals surface area contributed by atoms with Gasteiger partial charge in [-0.25, -0.2) is 0 Å². The summed E-state index contributed by atoms with van der Waals surface area (Å²) in [6.45, 7) is 0. The van der Waals surface area contributed by atoms with Crippen molar-refractivity contribution < 1.29 is 0 Å². The van der Waals surface area contributed by atoms with Gasteiger partial charge in [0.15, 0.2) is 0 Å². The molecule has 21 heavy (non-hydrogen) atoms. The van der Waals surface area contributed by atoms with Crippen LogP contribution in [0.4, 0.5) is 0 Å². The van der Waals surface area contributed by atoms with Gasteiger partial charge in [-0.05, 0) is 35.7 Å². The molecule has 0 amide bonds. The molecule has 0 saturated carbocycles. The predicted molar refractivity (Wildman–Crippen MR) is 101 cm³/mol. The van der Waals surface area contributed by atoms with Crippen molar-refractivity contribution in [2.75, 3.05) is 10.7 Å². The minimum absolute atomic E-state index is 0.112. The van der Waals surface area contributed by atoms with Crippen LogP contribution in [0, 0.1) is 0 Å². The van der Waals surface area contributed by atoms with Crippen molar-refractivity contribution in [1.29, 1.82) is 0 Å². The van der Waals surface area contributed by atoms with Gasteiger partial charge in [-0.2, -0.15) is 0 Å². The Bertz CT molecular complexity index is 607. The maximum absolute atomic E-state index is 6.34. The fourth-order valence-corrected chi connectivity index (χ4v) is 4.73. The van der Waals surface area contributed by atoms with Crippen molar-refractivity contribution >= 4 is 66.7 Å². The lowest BCUT2D eigenvalue weighted by Gasteiger charge is -2.31. The van der Waals surface area contributed by atoms with Crippen molar-refractivity contribution in [2.24, 2.45) is 0 Å². The van der Waals surface area contributed by atoms with Gasteiger partial charge in [-0.1, -0.05) is 90.9 Å². The first-order valence-corrected chi connectivity index (χ1v) is 9.71. The van der Waals surface area contributed by atoms with E-state index in [9.17, 15) is 0 Å². The molecule has 0 heterocycles. The highest BCUT2D eigenvalue weighted by atomic mass is 79.9. The molecule has 0 aromatic heterocycles. The minimum Gasteiger partial charge on any atom is -0.0918 e. The molecule has 0 radical (unpaired) electrons. The van der Waals surface area contributed by atoms with E-state index < -0.39 is 0 Å². The summed E-state index contributed by atoms with van der Waals surface area (Å²) in [6, 6.07) is 13.7. The molecule has 0 N–H and O–H groups in total. The van der Waals surface area contributed by atoms with Crippen LogP contribution in [0.3, 0.4) is 0 Å². The second kappa shape index (κ2) is 7.70. The smallest absolute Gasteiger partial charge is 0.0624 e. The zero-order valence-corrected chi connectivity index (χ0v) is 16.5. The average molecular weight is 471 g/mol. The molecule has 0 atom stereocenters. The number of hydrogen-bond donors (Lipinski definition) is 0. The van der Waals surface area contributed by atoms with Crippen LogP contribution in [0.1, 0.15) is 11.1 Å². The van der Waals surface area contributed by atoms with E-state index in [1.54, 1.807) is 6.07 Å². The Morgan fingerprint density at radius 3 is 2.05 bits per heavy atom. The summed E-state index contributed by atoms with van der Waals surface area (Å²) in [5.41, 5.74) is 2.13. The standard InChI is InChI=1S/C16H13Br2Cl3/c17-9-16(10-18,12-4-6-13(19)7-5-12)8-11-2-1-3-14(20)15(11)21/h1-7H,8-10H2. The first kappa shape index (κ1) is 17.6. The van der Waals surface area contributed by atoms with Gasteiger partial charge < -0.3 is 0 Å². The van der Waals surface area contributed by atoms with E-state index in [-0.39, 0.29) is 5.41 Å². The summed E-state index contributed by atoms with van der Waals surface area (Å²) < 4.78 is 0. The van der Waals surface area contributed by atoms with Crippen LogP contribution in [0.25, 0.3) is 0 Å². The Labute approximate surface area is 157 Å². The van der Waals surface area contributed by atoms with Crippen LogP contribution in [0.15, 0.2) is 42.5 Å². The normalized spacial score (nSPS) is 11.7. The second-order valence-corrected chi connectivity index (χ2v) is 7.29. The molecule has 0 nitrogen and oxygen atoms in total. The molecule has 0 aliphatic carbocycles. The number of alkyl halides is 2. The topological polar surface area (TPSA) is 0 Å². The van der Waals surface area contributed by atoms with Crippen LogP contribution in [0.2, 0.25) is 15.1 Å². The molecule has 0 aliphatic heterocycles. The lowest BCUT2D eigenvalue weighted by molar-refractivity contribution is 0.551. The number of benzene rings is 2. The largest absolute Gasteiger partial charge is 0.0918 e. The Hall–Kier alpha value is 0.270. The number of hydrogen-bond acceptors (Lipinski definition) is 0. The van der Waals surface area contributed by atoms with Crippen LogP contribution in [-0.4, -0.2) is 10.7 Å². The molecule has 5 heteroatoms. The fraction of sp³-hybridized carbons (Fsp3) is 0.250. The quantitative estimate of drug-likeness (QED) is 0.416. The van der Waals surface area contributed by atoms with E-state index >= 15 is 0 Å². The zero-order valence-electron chi connectivity index (χ0n) is 11.1. The molecule has 2 rings (SSSR count). The Balaban J connectivity index is 2.43. The van der Waals surface area contributed by atoms with Gasteiger partial charge in [-0.3, -0.25) is 0 Å². The summed E-state index contributed by atoms with van der Waals surface area (Å²) >= 11 is 25.8. The third-order valence-electron chi connectivity index (χ3n) is 3.53. The fourth-order valence-electron chi connectivity index (χ4n) is 2.24. The van der Waals surface area contributed by atoms with Crippen LogP contribution >= 0.6 is 66.7 Å². The molecule has 0 unspecified atom stereocenters. The minimum atomic E-state index is -0.112. The second-order valence-electron chi connectivity index (χ2n) is 4.94. The Morgan fingerprint density at radius 1 is 0.857 bits per heavy atom. The molecule has 112 valence electrons. The van der Waals surface area contributed by atoms with Gasteiger partial charge in [0.1, 0.15) is 0 Å². The van der Waals surface area contributed by atoms with Crippen molar-refractivity contribution in [3.8, 4) is 0 Å². The highest BCUT2D eigenvalue weighted by Crippen LogP contribution is 2.37. The monoisotopic (exact) mass is 468 g/mol. The third-order valence-corrected chi connectivity index (χ3v) is 6.79. The van der Waals surface area contributed by atoms with Gasteiger partial charge in [-0.15, -0.1) is 0 Å². The third kappa shape index (κ3) is 3.97. The summed E-state index contributed by atoms with van der Waals surface area (Å²) in [4.78, 5) is 0. The molecular weight excluding hydrogens is 458 g/mol. The van der Waals surface area contributed by atoms with E-state index in [2.05, 4.69) is 44.0 Å². The van der Waals surface area contributed by atoms with Gasteiger partial charge in [0.05, 0.1) is 10.0 Å². The van der Waals surface area contributed by atoms with E-state index in [0.29, 0.717) is 10.0 Å². The summed E-state index contributed by atoms with van der Waals surface area (Å²) in [5.74, 6) is 0. The molecule has 2 aromatic carbocycles. The highest BCUT2D eigenvalue weighted by molar-refractivity contribution is 9.09. The SMILES string of the molecule is Clc1ccc(C(CBr)(CBr)Cc2cccc(Cl)c2Cl)cc1. The molecule has 0 fully saturated rings. The number of halogens is 5. The lowest BCUT2D eigenvalue weighted by atomic mass is 9.79. The average Bonchev–Trinajstić information content (AvgIpc) is 2.50. The van der Waals surface area contributed by atoms with Crippen LogP contribution in [0.5, 0.6) is 0 Å². The van der Waals surface area contributed by atoms with E-state index in [0.717, 1.165) is 27.7 Å². The zero-order chi connectivity index (χ0) is 15.5. The van der Waals surface area contributed by atoms with Crippen molar-refractivity contribution in [1.82, 2.24) is 0 Å².